The van der Waals surface area contributed by atoms with E-state index in [4.69, 9.17) is 20.4 Å². The van der Waals surface area contributed by atoms with Crippen molar-refractivity contribution >= 4 is 23.3 Å². The zero-order valence-electron chi connectivity index (χ0n) is 21.7. The van der Waals surface area contributed by atoms with E-state index >= 15 is 0 Å². The summed E-state index contributed by atoms with van der Waals surface area (Å²) in [7, 11) is 0. The van der Waals surface area contributed by atoms with E-state index < -0.39 is 11.7 Å². The molecule has 11 heteroatoms. The van der Waals surface area contributed by atoms with Crippen molar-refractivity contribution in [1.29, 1.82) is 0 Å². The molecule has 0 unspecified atom stereocenters. The van der Waals surface area contributed by atoms with Crippen LogP contribution in [-0.4, -0.2) is 60.9 Å². The van der Waals surface area contributed by atoms with E-state index in [2.05, 4.69) is 27.3 Å². The molecule has 1 aliphatic carbocycles. The van der Waals surface area contributed by atoms with Crippen LogP contribution in [0.4, 0.5) is 36.4 Å². The Kier molecular flexibility index (Phi) is 6.80. The summed E-state index contributed by atoms with van der Waals surface area (Å²) < 4.78 is 46.7. The minimum atomic E-state index is -4.48. The fraction of sp³-hybridized carbons (Fsp3) is 0.464. The number of alkyl halides is 3. The Labute approximate surface area is 225 Å². The first kappa shape index (κ1) is 25.8. The summed E-state index contributed by atoms with van der Waals surface area (Å²) in [6.07, 6.45) is 0.127. The van der Waals surface area contributed by atoms with Crippen LogP contribution < -0.4 is 20.9 Å². The van der Waals surface area contributed by atoms with Gasteiger partial charge in [-0.15, -0.1) is 0 Å². The van der Waals surface area contributed by atoms with Crippen molar-refractivity contribution in [2.24, 2.45) is 5.73 Å². The number of nitrogens with two attached hydrogens (primary N) is 1. The van der Waals surface area contributed by atoms with Crippen LogP contribution in [0.15, 0.2) is 42.6 Å². The van der Waals surface area contributed by atoms with Crippen molar-refractivity contribution < 1.29 is 17.9 Å². The molecular weight excluding hydrogens is 507 g/mol. The molecule has 0 bridgehead atoms. The van der Waals surface area contributed by atoms with Gasteiger partial charge in [0.2, 0.25) is 5.95 Å². The van der Waals surface area contributed by atoms with Gasteiger partial charge in [-0.3, -0.25) is 0 Å². The molecule has 1 saturated heterocycles. The Bertz CT molecular complexity index is 1320. The molecule has 39 heavy (non-hydrogen) atoms. The third-order valence-corrected chi connectivity index (χ3v) is 8.02. The molecule has 1 aromatic carbocycles. The van der Waals surface area contributed by atoms with Crippen LogP contribution in [0, 0.1) is 0 Å². The molecule has 4 heterocycles. The number of aromatic nitrogens is 3. The van der Waals surface area contributed by atoms with Crippen LogP contribution in [-0.2, 0) is 29.2 Å². The number of nitrogens with zero attached hydrogens (tertiary/aromatic N) is 5. The minimum absolute atomic E-state index is 0.0434. The molecule has 2 aliphatic heterocycles. The highest BCUT2D eigenvalue weighted by molar-refractivity contribution is 5.63. The van der Waals surface area contributed by atoms with Crippen LogP contribution in [0.2, 0.25) is 0 Å². The number of halogens is 3. The van der Waals surface area contributed by atoms with Crippen molar-refractivity contribution in [1.82, 2.24) is 15.0 Å². The topological polar surface area (TPSA) is 92.4 Å². The number of fused-ring (bicyclic) bond motifs is 1. The molecule has 206 valence electrons. The van der Waals surface area contributed by atoms with Gasteiger partial charge in [0.15, 0.2) is 0 Å². The number of pyridine rings is 1. The number of rotatable bonds is 6. The Morgan fingerprint density at radius 2 is 1.69 bits per heavy atom. The molecular formula is C28H32F3N7O. The average Bonchev–Trinajstić information content (AvgIpc) is 3.78. The second-order valence-electron chi connectivity index (χ2n) is 10.4. The SMILES string of the molecule is NCC1(c2ccc(Nc3nc(N4CCOCC4)nc4c3CCN(c3ncccc3C(F)(F)F)CC4)cc2)CC1. The van der Waals surface area contributed by atoms with Gasteiger partial charge in [0, 0.05) is 62.0 Å². The summed E-state index contributed by atoms with van der Waals surface area (Å²) in [4.78, 5) is 17.7. The molecule has 0 atom stereocenters. The van der Waals surface area contributed by atoms with E-state index in [0.29, 0.717) is 70.5 Å². The first-order chi connectivity index (χ1) is 18.9. The highest BCUT2D eigenvalue weighted by Crippen LogP contribution is 2.47. The average molecular weight is 540 g/mol. The summed E-state index contributed by atoms with van der Waals surface area (Å²) >= 11 is 0. The summed E-state index contributed by atoms with van der Waals surface area (Å²) in [6, 6.07) is 10.7. The fourth-order valence-electron chi connectivity index (χ4n) is 5.48. The second-order valence-corrected chi connectivity index (χ2v) is 10.4. The third kappa shape index (κ3) is 5.25. The number of hydrogen-bond donors (Lipinski definition) is 2. The van der Waals surface area contributed by atoms with Gasteiger partial charge in [-0.2, -0.15) is 18.2 Å². The zero-order valence-corrected chi connectivity index (χ0v) is 21.7. The fourth-order valence-corrected chi connectivity index (χ4v) is 5.48. The van der Waals surface area contributed by atoms with Crippen LogP contribution in [0.1, 0.15) is 35.2 Å². The van der Waals surface area contributed by atoms with Crippen molar-refractivity contribution in [3.8, 4) is 0 Å². The largest absolute Gasteiger partial charge is 0.419 e. The highest BCUT2D eigenvalue weighted by Gasteiger charge is 2.42. The molecule has 3 aliphatic rings. The molecule has 0 spiro atoms. The number of hydrogen-bond acceptors (Lipinski definition) is 8. The maximum absolute atomic E-state index is 13.7. The van der Waals surface area contributed by atoms with Gasteiger partial charge < -0.3 is 25.6 Å². The lowest BCUT2D eigenvalue weighted by Gasteiger charge is -2.28. The molecule has 1 saturated carbocycles. The summed E-state index contributed by atoms with van der Waals surface area (Å²) in [5.41, 5.74) is 9.30. The van der Waals surface area contributed by atoms with Gasteiger partial charge in [0.25, 0.3) is 0 Å². The number of anilines is 4. The Morgan fingerprint density at radius 3 is 2.38 bits per heavy atom. The molecule has 0 radical (unpaired) electrons. The van der Waals surface area contributed by atoms with Crippen LogP contribution >= 0.6 is 0 Å². The van der Waals surface area contributed by atoms with E-state index in [0.717, 1.165) is 35.9 Å². The Balaban J connectivity index is 1.31. The van der Waals surface area contributed by atoms with Gasteiger partial charge >= 0.3 is 6.18 Å². The monoisotopic (exact) mass is 539 g/mol. The van der Waals surface area contributed by atoms with Gasteiger partial charge in [0.1, 0.15) is 11.6 Å². The standard InChI is InChI=1S/C28H32F3N7O/c29-28(30,31)22-2-1-11-33-25(22)37-12-7-21-23(8-13-37)35-26(38-14-16-39-17-15-38)36-24(21)34-20-5-3-19(4-6-20)27(18-32)9-10-27/h1-6,11H,7-10,12-18,32H2,(H,34,35,36). The number of nitrogens with one attached hydrogen (secondary N) is 1. The van der Waals surface area contributed by atoms with Gasteiger partial charge in [0.05, 0.1) is 24.5 Å². The van der Waals surface area contributed by atoms with E-state index in [9.17, 15) is 13.2 Å². The highest BCUT2D eigenvalue weighted by atomic mass is 19.4. The van der Waals surface area contributed by atoms with Gasteiger partial charge in [-0.1, -0.05) is 12.1 Å². The molecule has 2 aromatic heterocycles. The molecule has 2 fully saturated rings. The molecule has 6 rings (SSSR count). The second kappa shape index (κ2) is 10.3. The van der Waals surface area contributed by atoms with Crippen LogP contribution in [0.3, 0.4) is 0 Å². The summed E-state index contributed by atoms with van der Waals surface area (Å²) in [6.45, 7) is 3.96. The minimum Gasteiger partial charge on any atom is -0.378 e. The van der Waals surface area contributed by atoms with Crippen molar-refractivity contribution in [3.63, 3.8) is 0 Å². The lowest BCUT2D eigenvalue weighted by molar-refractivity contribution is -0.137. The maximum atomic E-state index is 13.7. The third-order valence-electron chi connectivity index (χ3n) is 8.02. The summed E-state index contributed by atoms with van der Waals surface area (Å²) in [5.74, 6) is 1.25. The van der Waals surface area contributed by atoms with E-state index in [-0.39, 0.29) is 11.2 Å². The lowest BCUT2D eigenvalue weighted by atomic mass is 9.96. The Hall–Kier alpha value is -3.44. The smallest absolute Gasteiger partial charge is 0.378 e. The Morgan fingerprint density at radius 1 is 0.949 bits per heavy atom. The van der Waals surface area contributed by atoms with E-state index in [1.54, 1.807) is 4.90 Å². The van der Waals surface area contributed by atoms with Crippen molar-refractivity contribution in [2.45, 2.75) is 37.3 Å². The van der Waals surface area contributed by atoms with Crippen LogP contribution in [0.5, 0.6) is 0 Å². The first-order valence-electron chi connectivity index (χ1n) is 13.4. The van der Waals surface area contributed by atoms with E-state index in [1.807, 2.05) is 12.1 Å². The van der Waals surface area contributed by atoms with Crippen molar-refractivity contribution in [2.75, 3.05) is 61.1 Å². The van der Waals surface area contributed by atoms with E-state index in [1.165, 1.54) is 17.8 Å². The maximum Gasteiger partial charge on any atom is 0.419 e. The molecule has 0 amide bonds. The lowest BCUT2D eigenvalue weighted by Crippen LogP contribution is -2.37. The predicted molar refractivity (Wildman–Crippen MR) is 144 cm³/mol. The van der Waals surface area contributed by atoms with Crippen LogP contribution in [0.25, 0.3) is 0 Å². The summed E-state index contributed by atoms with van der Waals surface area (Å²) in [5, 5.41) is 3.49. The van der Waals surface area contributed by atoms with Gasteiger partial charge in [-0.25, -0.2) is 9.97 Å². The predicted octanol–water partition coefficient (Wildman–Crippen LogP) is 4.07. The normalized spacial score (nSPS) is 18.9. The molecule has 3 aromatic rings. The van der Waals surface area contributed by atoms with Crippen molar-refractivity contribution in [3.05, 3.63) is 65.0 Å². The number of benzene rings is 1. The van der Waals surface area contributed by atoms with Gasteiger partial charge in [-0.05, 0) is 49.1 Å². The zero-order chi connectivity index (χ0) is 27.0. The number of ether oxygens (including phenoxy) is 1. The molecule has 3 N–H and O–H groups in total. The quantitative estimate of drug-likeness (QED) is 0.485. The molecule has 8 nitrogen and oxygen atoms in total. The number of morpholine rings is 1. The first-order valence-corrected chi connectivity index (χ1v) is 13.4.